The number of para-hydroxylation sites is 1. The van der Waals surface area contributed by atoms with Crippen molar-refractivity contribution in [2.24, 2.45) is 0 Å². The van der Waals surface area contributed by atoms with Crippen LogP contribution >= 0.6 is 15.9 Å². The Hall–Kier alpha value is -1.13. The highest BCUT2D eigenvalue weighted by Crippen LogP contribution is 2.29. The standard InChI is InChI=1S/C16H19BrN2O/c1-11-7-16(14-5-3-4-6-15(14)18-11)19-9-12(2)20-13(8-17)10-19/h3-7,12-13H,8-10H2,1-2H3. The summed E-state index contributed by atoms with van der Waals surface area (Å²) in [6.45, 7) is 6.04. The number of ether oxygens (including phenoxy) is 1. The number of nitrogens with zero attached hydrogens (tertiary/aromatic N) is 2. The van der Waals surface area contributed by atoms with Crippen molar-refractivity contribution in [3.63, 3.8) is 0 Å². The Morgan fingerprint density at radius 1 is 1.35 bits per heavy atom. The molecule has 1 aliphatic rings. The second-order valence-electron chi connectivity index (χ2n) is 5.43. The molecule has 2 aromatic rings. The highest BCUT2D eigenvalue weighted by atomic mass is 79.9. The number of hydrogen-bond acceptors (Lipinski definition) is 3. The van der Waals surface area contributed by atoms with E-state index in [-0.39, 0.29) is 12.2 Å². The third-order valence-electron chi connectivity index (χ3n) is 3.66. The van der Waals surface area contributed by atoms with Gasteiger partial charge in [0.05, 0.1) is 17.7 Å². The van der Waals surface area contributed by atoms with Crippen molar-refractivity contribution in [3.8, 4) is 0 Å². The zero-order chi connectivity index (χ0) is 14.1. The minimum Gasteiger partial charge on any atom is -0.371 e. The number of hydrogen-bond donors (Lipinski definition) is 0. The number of fused-ring (bicyclic) bond motifs is 1. The molecule has 2 heterocycles. The fourth-order valence-electron chi connectivity index (χ4n) is 2.87. The van der Waals surface area contributed by atoms with E-state index in [4.69, 9.17) is 4.74 Å². The lowest BCUT2D eigenvalue weighted by molar-refractivity contribution is -0.00190. The van der Waals surface area contributed by atoms with Crippen LogP contribution in [0.3, 0.4) is 0 Å². The largest absolute Gasteiger partial charge is 0.371 e. The summed E-state index contributed by atoms with van der Waals surface area (Å²) in [4.78, 5) is 7.05. The lowest BCUT2D eigenvalue weighted by atomic mass is 10.1. The maximum absolute atomic E-state index is 5.93. The van der Waals surface area contributed by atoms with E-state index < -0.39 is 0 Å². The summed E-state index contributed by atoms with van der Waals surface area (Å²) in [5.41, 5.74) is 3.40. The Kier molecular flexibility index (Phi) is 3.94. The molecular weight excluding hydrogens is 316 g/mol. The number of alkyl halides is 1. The second kappa shape index (κ2) is 5.70. The number of aromatic nitrogens is 1. The molecule has 20 heavy (non-hydrogen) atoms. The highest BCUT2D eigenvalue weighted by Gasteiger charge is 2.25. The van der Waals surface area contributed by atoms with Gasteiger partial charge in [0.15, 0.2) is 0 Å². The maximum atomic E-state index is 5.93. The number of anilines is 1. The van der Waals surface area contributed by atoms with Gasteiger partial charge in [0.1, 0.15) is 0 Å². The van der Waals surface area contributed by atoms with E-state index in [1.165, 1.54) is 11.1 Å². The van der Waals surface area contributed by atoms with Crippen molar-refractivity contribution in [1.29, 1.82) is 0 Å². The van der Waals surface area contributed by atoms with Gasteiger partial charge in [0.2, 0.25) is 0 Å². The summed E-state index contributed by atoms with van der Waals surface area (Å²) in [5, 5.41) is 2.09. The predicted octanol–water partition coefficient (Wildman–Crippen LogP) is 3.53. The molecule has 0 bridgehead atoms. The Morgan fingerprint density at radius 2 is 2.15 bits per heavy atom. The van der Waals surface area contributed by atoms with Gasteiger partial charge in [-0.2, -0.15) is 0 Å². The molecule has 0 N–H and O–H groups in total. The molecule has 1 aromatic heterocycles. The predicted molar refractivity (Wildman–Crippen MR) is 86.8 cm³/mol. The van der Waals surface area contributed by atoms with Gasteiger partial charge < -0.3 is 9.64 Å². The molecule has 0 spiro atoms. The topological polar surface area (TPSA) is 25.4 Å². The molecule has 2 unspecified atom stereocenters. The summed E-state index contributed by atoms with van der Waals surface area (Å²) in [5.74, 6) is 0. The summed E-state index contributed by atoms with van der Waals surface area (Å²) in [7, 11) is 0. The van der Waals surface area contributed by atoms with Crippen molar-refractivity contribution in [2.75, 3.05) is 23.3 Å². The summed E-state index contributed by atoms with van der Waals surface area (Å²) >= 11 is 3.54. The van der Waals surface area contributed by atoms with Gasteiger partial charge in [0.25, 0.3) is 0 Å². The van der Waals surface area contributed by atoms with Gasteiger partial charge in [-0.15, -0.1) is 0 Å². The van der Waals surface area contributed by atoms with Crippen LogP contribution in [0.15, 0.2) is 30.3 Å². The lowest BCUT2D eigenvalue weighted by Gasteiger charge is -2.38. The molecule has 106 valence electrons. The van der Waals surface area contributed by atoms with Crippen molar-refractivity contribution >= 4 is 32.5 Å². The summed E-state index contributed by atoms with van der Waals surface area (Å²) < 4.78 is 5.93. The van der Waals surface area contributed by atoms with Crippen LogP contribution in [0.4, 0.5) is 5.69 Å². The third kappa shape index (κ3) is 2.67. The van der Waals surface area contributed by atoms with E-state index in [1.807, 2.05) is 6.07 Å². The monoisotopic (exact) mass is 334 g/mol. The Balaban J connectivity index is 2.04. The van der Waals surface area contributed by atoms with Gasteiger partial charge in [0, 0.05) is 35.2 Å². The van der Waals surface area contributed by atoms with Gasteiger partial charge >= 0.3 is 0 Å². The van der Waals surface area contributed by atoms with Gasteiger partial charge in [-0.05, 0) is 26.0 Å². The third-order valence-corrected chi connectivity index (χ3v) is 4.38. The van der Waals surface area contributed by atoms with Gasteiger partial charge in [-0.3, -0.25) is 4.98 Å². The molecule has 3 rings (SSSR count). The van der Waals surface area contributed by atoms with Crippen molar-refractivity contribution in [2.45, 2.75) is 26.1 Å². The molecule has 0 amide bonds. The average molecular weight is 335 g/mol. The molecule has 0 radical (unpaired) electrons. The maximum Gasteiger partial charge on any atom is 0.0850 e. The van der Waals surface area contributed by atoms with Crippen molar-refractivity contribution in [3.05, 3.63) is 36.0 Å². The number of benzene rings is 1. The molecular formula is C16H19BrN2O. The van der Waals surface area contributed by atoms with E-state index in [2.05, 4.69) is 63.9 Å². The van der Waals surface area contributed by atoms with Crippen LogP contribution in [0.5, 0.6) is 0 Å². The molecule has 1 fully saturated rings. The zero-order valence-corrected chi connectivity index (χ0v) is 13.4. The fourth-order valence-corrected chi connectivity index (χ4v) is 3.23. The number of pyridine rings is 1. The van der Waals surface area contributed by atoms with Crippen molar-refractivity contribution in [1.82, 2.24) is 4.98 Å². The number of aryl methyl sites for hydroxylation is 1. The van der Waals surface area contributed by atoms with E-state index in [0.29, 0.717) is 0 Å². The molecule has 1 aliphatic heterocycles. The normalized spacial score (nSPS) is 23.2. The molecule has 4 heteroatoms. The first-order valence-electron chi connectivity index (χ1n) is 7.00. The van der Waals surface area contributed by atoms with E-state index in [0.717, 1.165) is 29.6 Å². The van der Waals surface area contributed by atoms with Crippen LogP contribution in [0, 0.1) is 6.92 Å². The summed E-state index contributed by atoms with van der Waals surface area (Å²) in [6.07, 6.45) is 0.490. The Bertz CT molecular complexity index is 616. The van der Waals surface area contributed by atoms with Crippen LogP contribution in [0.1, 0.15) is 12.6 Å². The van der Waals surface area contributed by atoms with Crippen LogP contribution in [-0.2, 0) is 4.74 Å². The second-order valence-corrected chi connectivity index (χ2v) is 6.08. The quantitative estimate of drug-likeness (QED) is 0.785. The molecule has 0 aliphatic carbocycles. The van der Waals surface area contributed by atoms with E-state index >= 15 is 0 Å². The van der Waals surface area contributed by atoms with Crippen LogP contribution in [-0.4, -0.2) is 35.6 Å². The molecule has 3 nitrogen and oxygen atoms in total. The first kappa shape index (κ1) is 13.8. The molecule has 0 saturated carbocycles. The van der Waals surface area contributed by atoms with Crippen LogP contribution < -0.4 is 4.90 Å². The Labute approximate surface area is 128 Å². The minimum atomic E-state index is 0.242. The van der Waals surface area contributed by atoms with Crippen LogP contribution in [0.25, 0.3) is 10.9 Å². The lowest BCUT2D eigenvalue weighted by Crippen LogP contribution is -2.47. The van der Waals surface area contributed by atoms with E-state index in [1.54, 1.807) is 0 Å². The first-order valence-corrected chi connectivity index (χ1v) is 8.12. The van der Waals surface area contributed by atoms with Crippen LogP contribution in [0.2, 0.25) is 0 Å². The SMILES string of the molecule is Cc1cc(N2CC(C)OC(CBr)C2)c2ccccc2n1. The minimum absolute atomic E-state index is 0.242. The molecule has 2 atom stereocenters. The average Bonchev–Trinajstić information content (AvgIpc) is 2.45. The highest BCUT2D eigenvalue weighted by molar-refractivity contribution is 9.09. The molecule has 1 aromatic carbocycles. The number of halogens is 1. The van der Waals surface area contributed by atoms with E-state index in [9.17, 15) is 0 Å². The molecule has 1 saturated heterocycles. The number of morpholine rings is 1. The zero-order valence-electron chi connectivity index (χ0n) is 11.8. The Morgan fingerprint density at radius 3 is 2.95 bits per heavy atom. The number of rotatable bonds is 2. The van der Waals surface area contributed by atoms with Gasteiger partial charge in [-0.25, -0.2) is 0 Å². The van der Waals surface area contributed by atoms with Gasteiger partial charge in [-0.1, -0.05) is 34.1 Å². The first-order chi connectivity index (χ1) is 9.67. The fraction of sp³-hybridized carbons (Fsp3) is 0.438. The summed E-state index contributed by atoms with van der Waals surface area (Å²) in [6, 6.07) is 10.5. The smallest absolute Gasteiger partial charge is 0.0850 e. The van der Waals surface area contributed by atoms with Crippen molar-refractivity contribution < 1.29 is 4.74 Å².